The van der Waals surface area contributed by atoms with Crippen LogP contribution < -0.4 is 0 Å². The molecule has 0 heteroatoms. The van der Waals surface area contributed by atoms with Crippen molar-refractivity contribution >= 4 is 0 Å². The van der Waals surface area contributed by atoms with Crippen LogP contribution >= 0.6 is 0 Å². The van der Waals surface area contributed by atoms with Crippen molar-refractivity contribution in [1.29, 1.82) is 0 Å². The molecule has 0 atom stereocenters. The lowest BCUT2D eigenvalue weighted by Crippen LogP contribution is -1.98. The van der Waals surface area contributed by atoms with E-state index in [0.717, 1.165) is 0 Å². The fraction of sp³-hybridized carbons (Fsp3) is 0.667. The maximum atomic E-state index is 2.22. The Balaban J connectivity index is 3.71. The first-order valence-corrected chi connectivity index (χ1v) is 3.41. The monoisotopic (exact) mass is 125 g/mol. The maximum absolute atomic E-state index is 2.22. The molecule has 0 aliphatic heterocycles. The normalized spacial score (nSPS) is 13.6. The molecule has 0 bridgehead atoms. The van der Waals surface area contributed by atoms with E-state index in [4.69, 9.17) is 0 Å². The minimum Gasteiger partial charge on any atom is -0.0826 e. The second kappa shape index (κ2) is 3.05. The molecular weight excluding hydrogens is 108 g/mol. The molecule has 0 saturated heterocycles. The molecule has 0 saturated carbocycles. The molecule has 1 radical (unpaired) electrons. The van der Waals surface area contributed by atoms with Crippen LogP contribution in [-0.2, 0) is 0 Å². The summed E-state index contributed by atoms with van der Waals surface area (Å²) in [5, 5.41) is 0. The predicted octanol–water partition coefficient (Wildman–Crippen LogP) is 3.20. The molecule has 0 aromatic rings. The van der Waals surface area contributed by atoms with E-state index in [-0.39, 0.29) is 0 Å². The summed E-state index contributed by atoms with van der Waals surface area (Å²) in [6.45, 7) is 10.8. The first-order chi connectivity index (χ1) is 3.92. The second-order valence-corrected chi connectivity index (χ2v) is 3.78. The molecule has 9 heavy (non-hydrogen) atoms. The Morgan fingerprint density at radius 1 is 1.11 bits per heavy atom. The van der Waals surface area contributed by atoms with Crippen LogP contribution in [0, 0.1) is 11.3 Å². The van der Waals surface area contributed by atoms with Crippen LogP contribution in [0.4, 0.5) is 0 Å². The highest BCUT2D eigenvalue weighted by Crippen LogP contribution is 2.15. The van der Waals surface area contributed by atoms with Gasteiger partial charge in [0.05, 0.1) is 0 Å². The van der Waals surface area contributed by atoms with E-state index in [1.165, 1.54) is 5.92 Å². The minimum atomic E-state index is 0.331. The summed E-state index contributed by atoms with van der Waals surface area (Å²) >= 11 is 0. The lowest BCUT2D eigenvalue weighted by Gasteiger charge is -2.11. The van der Waals surface area contributed by atoms with E-state index in [1.807, 2.05) is 0 Å². The van der Waals surface area contributed by atoms with Gasteiger partial charge in [-0.25, -0.2) is 0 Å². The summed E-state index contributed by atoms with van der Waals surface area (Å²) in [4.78, 5) is 0. The molecular formula is C9H17. The SMILES string of the molecule is C[C](C)/C=C/C(C)(C)C. The molecule has 0 aliphatic carbocycles. The zero-order valence-electron chi connectivity index (χ0n) is 7.15. The van der Waals surface area contributed by atoms with Crippen molar-refractivity contribution in [3.05, 3.63) is 18.1 Å². The third-order valence-corrected chi connectivity index (χ3v) is 0.917. The average molecular weight is 125 g/mol. The third-order valence-electron chi connectivity index (χ3n) is 0.917. The van der Waals surface area contributed by atoms with Crippen molar-refractivity contribution in [2.45, 2.75) is 34.6 Å². The van der Waals surface area contributed by atoms with Crippen molar-refractivity contribution < 1.29 is 0 Å². The van der Waals surface area contributed by atoms with Gasteiger partial charge in [-0.2, -0.15) is 0 Å². The van der Waals surface area contributed by atoms with E-state index in [9.17, 15) is 0 Å². The molecule has 0 spiro atoms. The number of hydrogen-bond acceptors (Lipinski definition) is 0. The van der Waals surface area contributed by atoms with E-state index in [0.29, 0.717) is 5.41 Å². The number of hydrogen-bond donors (Lipinski definition) is 0. The largest absolute Gasteiger partial charge is 0.0826 e. The third kappa shape index (κ3) is 7.74. The van der Waals surface area contributed by atoms with Crippen molar-refractivity contribution in [2.24, 2.45) is 5.41 Å². The topological polar surface area (TPSA) is 0 Å². The Bertz CT molecular complexity index is 91.1. The van der Waals surface area contributed by atoms with E-state index < -0.39 is 0 Å². The Morgan fingerprint density at radius 2 is 1.56 bits per heavy atom. The Labute approximate surface area is 59.0 Å². The fourth-order valence-electron chi connectivity index (χ4n) is 0.417. The van der Waals surface area contributed by atoms with Gasteiger partial charge < -0.3 is 0 Å². The highest BCUT2D eigenvalue weighted by atomic mass is 14.1. The maximum Gasteiger partial charge on any atom is -0.00890 e. The van der Waals surface area contributed by atoms with Crippen molar-refractivity contribution in [3.63, 3.8) is 0 Å². The Kier molecular flexibility index (Phi) is 2.96. The average Bonchev–Trinajstić information content (AvgIpc) is 1.59. The van der Waals surface area contributed by atoms with Gasteiger partial charge in [-0.15, -0.1) is 0 Å². The predicted molar refractivity (Wildman–Crippen MR) is 43.2 cm³/mol. The van der Waals surface area contributed by atoms with Crippen molar-refractivity contribution in [3.8, 4) is 0 Å². The van der Waals surface area contributed by atoms with Crippen molar-refractivity contribution in [1.82, 2.24) is 0 Å². The van der Waals surface area contributed by atoms with Gasteiger partial charge in [0.15, 0.2) is 0 Å². The van der Waals surface area contributed by atoms with Crippen molar-refractivity contribution in [2.75, 3.05) is 0 Å². The molecule has 0 rings (SSSR count). The minimum absolute atomic E-state index is 0.331. The van der Waals surface area contributed by atoms with Crippen LogP contribution in [0.15, 0.2) is 12.2 Å². The summed E-state index contributed by atoms with van der Waals surface area (Å²) in [5.74, 6) is 1.37. The van der Waals surface area contributed by atoms with Crippen LogP contribution in [-0.4, -0.2) is 0 Å². The fourth-order valence-corrected chi connectivity index (χ4v) is 0.417. The first kappa shape index (κ1) is 8.74. The Hall–Kier alpha value is -0.260. The van der Waals surface area contributed by atoms with Crippen LogP contribution in [0.2, 0.25) is 0 Å². The van der Waals surface area contributed by atoms with Gasteiger partial charge in [-0.1, -0.05) is 46.8 Å². The van der Waals surface area contributed by atoms with Crippen LogP contribution in [0.1, 0.15) is 34.6 Å². The standard InChI is InChI=1S/C9H17/c1-8(2)6-7-9(3,4)5/h6-7H,1-5H3/b7-6+. The molecule has 0 amide bonds. The van der Waals surface area contributed by atoms with Gasteiger partial charge >= 0.3 is 0 Å². The zero-order valence-corrected chi connectivity index (χ0v) is 7.15. The van der Waals surface area contributed by atoms with Gasteiger partial charge in [0, 0.05) is 0 Å². The summed E-state index contributed by atoms with van der Waals surface area (Å²) in [6.07, 6.45) is 4.39. The Morgan fingerprint density at radius 3 is 1.67 bits per heavy atom. The van der Waals surface area contributed by atoms with E-state index in [2.05, 4.69) is 46.8 Å². The van der Waals surface area contributed by atoms with E-state index >= 15 is 0 Å². The van der Waals surface area contributed by atoms with Crippen LogP contribution in [0.25, 0.3) is 0 Å². The summed E-state index contributed by atoms with van der Waals surface area (Å²) in [5.41, 5.74) is 0.331. The first-order valence-electron chi connectivity index (χ1n) is 3.41. The number of allylic oxidation sites excluding steroid dienone is 2. The zero-order chi connectivity index (χ0) is 7.49. The molecule has 0 heterocycles. The lowest BCUT2D eigenvalue weighted by molar-refractivity contribution is 0.543. The summed E-state index contributed by atoms with van der Waals surface area (Å²) < 4.78 is 0. The van der Waals surface area contributed by atoms with Gasteiger partial charge in [0.25, 0.3) is 0 Å². The molecule has 0 aromatic heterocycles. The molecule has 0 nitrogen and oxygen atoms in total. The van der Waals surface area contributed by atoms with Gasteiger partial charge in [-0.05, 0) is 11.3 Å². The highest BCUT2D eigenvalue weighted by Gasteiger charge is 2.02. The smallest absolute Gasteiger partial charge is 0.00890 e. The van der Waals surface area contributed by atoms with Crippen LogP contribution in [0.3, 0.4) is 0 Å². The molecule has 0 N–H and O–H groups in total. The quantitative estimate of drug-likeness (QED) is 0.505. The summed E-state index contributed by atoms with van der Waals surface area (Å²) in [6, 6.07) is 0. The van der Waals surface area contributed by atoms with E-state index in [1.54, 1.807) is 0 Å². The van der Waals surface area contributed by atoms with Gasteiger partial charge in [0.2, 0.25) is 0 Å². The lowest BCUT2D eigenvalue weighted by atomic mass is 9.95. The van der Waals surface area contributed by atoms with Gasteiger partial charge in [0.1, 0.15) is 0 Å². The second-order valence-electron chi connectivity index (χ2n) is 3.78. The number of rotatable bonds is 1. The van der Waals surface area contributed by atoms with Gasteiger partial charge in [-0.3, -0.25) is 0 Å². The summed E-state index contributed by atoms with van der Waals surface area (Å²) in [7, 11) is 0. The molecule has 0 aromatic carbocycles. The molecule has 0 aliphatic rings. The molecule has 0 fully saturated rings. The van der Waals surface area contributed by atoms with Crippen LogP contribution in [0.5, 0.6) is 0 Å². The highest BCUT2D eigenvalue weighted by molar-refractivity contribution is 5.06. The molecule has 0 unspecified atom stereocenters. The molecule has 53 valence electrons.